The summed E-state index contributed by atoms with van der Waals surface area (Å²) in [6.45, 7) is 4.80. The van der Waals surface area contributed by atoms with Gasteiger partial charge in [-0.2, -0.15) is 0 Å². The number of unbranched alkanes of at least 4 members (excludes halogenated alkanes) is 1. The van der Waals surface area contributed by atoms with E-state index in [9.17, 15) is 4.79 Å². The van der Waals surface area contributed by atoms with Crippen molar-refractivity contribution >= 4 is 23.2 Å². The van der Waals surface area contributed by atoms with Gasteiger partial charge in [-0.05, 0) is 37.6 Å². The SMILES string of the molecule is CCCCN(C)C(=O)C(C)Nc1ccc(Cl)cc1. The molecule has 0 saturated carbocycles. The second-order valence-corrected chi connectivity index (χ2v) is 4.92. The summed E-state index contributed by atoms with van der Waals surface area (Å²) in [5.74, 6) is 0.110. The van der Waals surface area contributed by atoms with Gasteiger partial charge in [0.05, 0.1) is 0 Å². The van der Waals surface area contributed by atoms with Gasteiger partial charge in [0.15, 0.2) is 0 Å². The number of nitrogens with zero attached hydrogens (tertiary/aromatic N) is 1. The van der Waals surface area contributed by atoms with E-state index in [-0.39, 0.29) is 11.9 Å². The highest BCUT2D eigenvalue weighted by Gasteiger charge is 2.16. The van der Waals surface area contributed by atoms with Gasteiger partial charge < -0.3 is 10.2 Å². The van der Waals surface area contributed by atoms with E-state index < -0.39 is 0 Å². The summed E-state index contributed by atoms with van der Waals surface area (Å²) < 4.78 is 0. The number of carbonyl (C=O) groups excluding carboxylic acids is 1. The molecule has 1 aromatic carbocycles. The molecule has 3 nitrogen and oxygen atoms in total. The molecule has 1 unspecified atom stereocenters. The summed E-state index contributed by atoms with van der Waals surface area (Å²) in [5, 5.41) is 3.87. The molecule has 0 aliphatic heterocycles. The van der Waals surface area contributed by atoms with Gasteiger partial charge in [-0.15, -0.1) is 0 Å². The lowest BCUT2D eigenvalue weighted by atomic mass is 10.2. The zero-order valence-corrected chi connectivity index (χ0v) is 12.0. The Bertz CT molecular complexity index is 378. The number of hydrogen-bond acceptors (Lipinski definition) is 2. The van der Waals surface area contributed by atoms with Crippen LogP contribution < -0.4 is 5.32 Å². The van der Waals surface area contributed by atoms with E-state index in [0.29, 0.717) is 5.02 Å². The third-order valence-corrected chi connectivity index (χ3v) is 3.07. The van der Waals surface area contributed by atoms with Crippen molar-refractivity contribution in [2.24, 2.45) is 0 Å². The van der Waals surface area contributed by atoms with Crippen LogP contribution in [-0.2, 0) is 4.79 Å². The number of benzene rings is 1. The van der Waals surface area contributed by atoms with Crippen LogP contribution in [0.2, 0.25) is 5.02 Å². The van der Waals surface area contributed by atoms with E-state index in [1.807, 2.05) is 38.2 Å². The number of carbonyl (C=O) groups is 1. The predicted molar refractivity (Wildman–Crippen MR) is 77.1 cm³/mol. The fraction of sp³-hybridized carbons (Fsp3) is 0.500. The first-order valence-electron chi connectivity index (χ1n) is 6.31. The lowest BCUT2D eigenvalue weighted by molar-refractivity contribution is -0.130. The van der Waals surface area contributed by atoms with Crippen LogP contribution in [-0.4, -0.2) is 30.4 Å². The molecule has 4 heteroatoms. The van der Waals surface area contributed by atoms with Gasteiger partial charge in [0.2, 0.25) is 5.91 Å². The van der Waals surface area contributed by atoms with Crippen LogP contribution in [0.3, 0.4) is 0 Å². The lowest BCUT2D eigenvalue weighted by Gasteiger charge is -2.22. The summed E-state index contributed by atoms with van der Waals surface area (Å²) in [7, 11) is 1.85. The minimum Gasteiger partial charge on any atom is -0.374 e. The number of anilines is 1. The molecular formula is C14H21ClN2O. The van der Waals surface area contributed by atoms with Gasteiger partial charge in [0.25, 0.3) is 0 Å². The topological polar surface area (TPSA) is 32.3 Å². The van der Waals surface area contributed by atoms with Gasteiger partial charge in [-0.25, -0.2) is 0 Å². The maximum atomic E-state index is 12.1. The fourth-order valence-corrected chi connectivity index (χ4v) is 1.82. The zero-order valence-electron chi connectivity index (χ0n) is 11.2. The van der Waals surface area contributed by atoms with Crippen molar-refractivity contribution in [1.29, 1.82) is 0 Å². The molecule has 0 radical (unpaired) electrons. The number of nitrogens with one attached hydrogen (secondary N) is 1. The Kier molecular flexibility index (Phi) is 5.99. The van der Waals surface area contributed by atoms with Crippen molar-refractivity contribution in [2.45, 2.75) is 32.7 Å². The molecule has 1 aromatic rings. The molecule has 0 fully saturated rings. The quantitative estimate of drug-likeness (QED) is 0.858. The van der Waals surface area contributed by atoms with Crippen LogP contribution in [0.15, 0.2) is 24.3 Å². The van der Waals surface area contributed by atoms with E-state index >= 15 is 0 Å². The van der Waals surface area contributed by atoms with E-state index in [1.165, 1.54) is 0 Å². The Balaban J connectivity index is 2.51. The van der Waals surface area contributed by atoms with Crippen LogP contribution in [0.4, 0.5) is 5.69 Å². The van der Waals surface area contributed by atoms with Crippen LogP contribution in [0.1, 0.15) is 26.7 Å². The summed E-state index contributed by atoms with van der Waals surface area (Å²) >= 11 is 5.82. The smallest absolute Gasteiger partial charge is 0.244 e. The van der Waals surface area contributed by atoms with Crippen molar-refractivity contribution in [3.63, 3.8) is 0 Å². The van der Waals surface area contributed by atoms with Crippen molar-refractivity contribution < 1.29 is 4.79 Å². The average Bonchev–Trinajstić information content (AvgIpc) is 2.37. The first-order valence-corrected chi connectivity index (χ1v) is 6.69. The second-order valence-electron chi connectivity index (χ2n) is 4.49. The number of halogens is 1. The fourth-order valence-electron chi connectivity index (χ4n) is 1.69. The van der Waals surface area contributed by atoms with Gasteiger partial charge in [-0.1, -0.05) is 24.9 Å². The van der Waals surface area contributed by atoms with E-state index in [2.05, 4.69) is 12.2 Å². The van der Waals surface area contributed by atoms with Gasteiger partial charge in [0.1, 0.15) is 6.04 Å². The molecule has 0 heterocycles. The Morgan fingerprint density at radius 2 is 2.00 bits per heavy atom. The number of likely N-dealkylation sites (N-methyl/N-ethyl adjacent to an activating group) is 1. The zero-order chi connectivity index (χ0) is 13.5. The molecular weight excluding hydrogens is 248 g/mol. The molecule has 0 bridgehead atoms. The summed E-state index contributed by atoms with van der Waals surface area (Å²) in [5.41, 5.74) is 0.907. The van der Waals surface area contributed by atoms with Crippen molar-refractivity contribution in [3.05, 3.63) is 29.3 Å². The largest absolute Gasteiger partial charge is 0.374 e. The first kappa shape index (κ1) is 14.8. The Labute approximate surface area is 114 Å². The molecule has 18 heavy (non-hydrogen) atoms. The Hall–Kier alpha value is -1.22. The summed E-state index contributed by atoms with van der Waals surface area (Å²) in [6, 6.07) is 7.13. The van der Waals surface area contributed by atoms with Crippen LogP contribution in [0.25, 0.3) is 0 Å². The first-order chi connectivity index (χ1) is 8.54. The highest BCUT2D eigenvalue weighted by atomic mass is 35.5. The number of amides is 1. The van der Waals surface area contributed by atoms with E-state index in [0.717, 1.165) is 25.1 Å². The van der Waals surface area contributed by atoms with Crippen LogP contribution in [0.5, 0.6) is 0 Å². The minimum atomic E-state index is -0.229. The molecule has 1 rings (SSSR count). The van der Waals surface area contributed by atoms with Crippen LogP contribution in [0, 0.1) is 0 Å². The normalized spacial score (nSPS) is 12.0. The van der Waals surface area contributed by atoms with Gasteiger partial charge >= 0.3 is 0 Å². The van der Waals surface area contributed by atoms with Crippen LogP contribution >= 0.6 is 11.6 Å². The molecule has 1 amide bonds. The van der Waals surface area contributed by atoms with Crippen molar-refractivity contribution in [2.75, 3.05) is 18.9 Å². The molecule has 0 aliphatic rings. The molecule has 0 spiro atoms. The molecule has 0 aliphatic carbocycles. The number of rotatable bonds is 6. The number of hydrogen-bond donors (Lipinski definition) is 1. The molecule has 0 saturated heterocycles. The third-order valence-electron chi connectivity index (χ3n) is 2.82. The average molecular weight is 269 g/mol. The lowest BCUT2D eigenvalue weighted by Crippen LogP contribution is -2.39. The van der Waals surface area contributed by atoms with Gasteiger partial charge in [-0.3, -0.25) is 4.79 Å². The molecule has 0 aromatic heterocycles. The monoisotopic (exact) mass is 268 g/mol. The van der Waals surface area contributed by atoms with Crippen molar-refractivity contribution in [1.82, 2.24) is 4.90 Å². The standard InChI is InChI=1S/C14H21ClN2O/c1-4-5-10-17(3)14(18)11(2)16-13-8-6-12(15)7-9-13/h6-9,11,16H,4-5,10H2,1-3H3. The second kappa shape index (κ2) is 7.27. The molecule has 100 valence electrons. The van der Waals surface area contributed by atoms with Gasteiger partial charge in [0, 0.05) is 24.3 Å². The maximum absolute atomic E-state index is 12.1. The predicted octanol–water partition coefficient (Wildman–Crippen LogP) is 3.40. The maximum Gasteiger partial charge on any atom is 0.244 e. The molecule has 1 N–H and O–H groups in total. The van der Waals surface area contributed by atoms with E-state index in [4.69, 9.17) is 11.6 Å². The Morgan fingerprint density at radius 1 is 1.39 bits per heavy atom. The minimum absolute atomic E-state index is 0.110. The highest BCUT2D eigenvalue weighted by Crippen LogP contribution is 2.14. The summed E-state index contributed by atoms with van der Waals surface area (Å²) in [6.07, 6.45) is 2.13. The highest BCUT2D eigenvalue weighted by molar-refractivity contribution is 6.30. The Morgan fingerprint density at radius 3 is 2.56 bits per heavy atom. The third kappa shape index (κ3) is 4.57. The molecule has 1 atom stereocenters. The van der Waals surface area contributed by atoms with Crippen molar-refractivity contribution in [3.8, 4) is 0 Å². The van der Waals surface area contributed by atoms with E-state index in [1.54, 1.807) is 4.90 Å². The summed E-state index contributed by atoms with van der Waals surface area (Å²) in [4.78, 5) is 13.8.